The summed E-state index contributed by atoms with van der Waals surface area (Å²) in [5.74, 6) is 0.716. The number of rotatable bonds is 4. The lowest BCUT2D eigenvalue weighted by molar-refractivity contribution is -0.684. The first-order chi connectivity index (χ1) is 9.83. The normalized spacial score (nSPS) is 15.4. The molecule has 102 valence electrons. The second-order valence-corrected chi connectivity index (χ2v) is 5.42. The summed E-state index contributed by atoms with van der Waals surface area (Å²) in [4.78, 5) is 16.7. The molecule has 1 aromatic carbocycles. The fourth-order valence-corrected chi connectivity index (χ4v) is 2.86. The van der Waals surface area contributed by atoms with Gasteiger partial charge in [0.15, 0.2) is 12.4 Å². The molecule has 0 aliphatic heterocycles. The van der Waals surface area contributed by atoms with Gasteiger partial charge >= 0.3 is 0 Å². The Bertz CT molecular complexity index is 589. The molecule has 1 aromatic heterocycles. The first-order valence-electron chi connectivity index (χ1n) is 7.26. The molecular weight excluding hydrogens is 248 g/mol. The predicted octanol–water partition coefficient (Wildman–Crippen LogP) is 2.91. The zero-order valence-corrected chi connectivity index (χ0v) is 11.5. The van der Waals surface area contributed by atoms with Gasteiger partial charge in [0.1, 0.15) is 5.69 Å². The van der Waals surface area contributed by atoms with E-state index in [9.17, 15) is 4.79 Å². The van der Waals surface area contributed by atoms with Crippen molar-refractivity contribution in [1.29, 1.82) is 0 Å². The molecule has 0 atom stereocenters. The Labute approximate surface area is 119 Å². The molecule has 0 saturated heterocycles. The molecule has 0 N–H and O–H groups in total. The molecule has 3 heteroatoms. The van der Waals surface area contributed by atoms with Crippen LogP contribution in [0.3, 0.4) is 0 Å². The SMILES string of the molecule is O=C(C[n+]1ccnc(C2CCCC2)c1)c1ccccc1. The second-order valence-electron chi connectivity index (χ2n) is 5.42. The van der Waals surface area contributed by atoms with Gasteiger partial charge in [0.2, 0.25) is 12.3 Å². The van der Waals surface area contributed by atoms with Crippen molar-refractivity contribution >= 4 is 5.78 Å². The van der Waals surface area contributed by atoms with Crippen LogP contribution in [0.2, 0.25) is 0 Å². The first-order valence-corrected chi connectivity index (χ1v) is 7.26. The molecule has 1 saturated carbocycles. The standard InChI is InChI=1S/C17H19N2O/c20-17(15-8-2-1-3-9-15)13-19-11-10-18-16(12-19)14-6-4-5-7-14/h1-3,8-12,14H,4-7,13H2/q+1. The maximum absolute atomic E-state index is 12.2. The fourth-order valence-electron chi connectivity index (χ4n) is 2.86. The molecule has 1 heterocycles. The van der Waals surface area contributed by atoms with E-state index < -0.39 is 0 Å². The van der Waals surface area contributed by atoms with Crippen molar-refractivity contribution in [2.45, 2.75) is 38.1 Å². The van der Waals surface area contributed by atoms with Crippen molar-refractivity contribution in [3.8, 4) is 0 Å². The highest BCUT2D eigenvalue weighted by atomic mass is 16.1. The van der Waals surface area contributed by atoms with E-state index in [0.717, 1.165) is 11.3 Å². The summed E-state index contributed by atoms with van der Waals surface area (Å²) in [5, 5.41) is 0. The summed E-state index contributed by atoms with van der Waals surface area (Å²) in [6, 6.07) is 9.45. The third kappa shape index (κ3) is 2.93. The summed E-state index contributed by atoms with van der Waals surface area (Å²) >= 11 is 0. The topological polar surface area (TPSA) is 33.8 Å². The molecule has 3 rings (SSSR count). The predicted molar refractivity (Wildman–Crippen MR) is 76.4 cm³/mol. The van der Waals surface area contributed by atoms with Gasteiger partial charge in [0.05, 0.1) is 6.20 Å². The molecule has 0 spiro atoms. The van der Waals surface area contributed by atoms with Gasteiger partial charge in [0, 0.05) is 11.5 Å². The van der Waals surface area contributed by atoms with Gasteiger partial charge in [-0.1, -0.05) is 43.2 Å². The van der Waals surface area contributed by atoms with Gasteiger partial charge in [0.25, 0.3) is 0 Å². The average molecular weight is 267 g/mol. The number of benzene rings is 1. The lowest BCUT2D eigenvalue weighted by atomic mass is 10.0. The minimum absolute atomic E-state index is 0.138. The van der Waals surface area contributed by atoms with Crippen molar-refractivity contribution in [3.05, 3.63) is 60.2 Å². The smallest absolute Gasteiger partial charge is 0.227 e. The first kappa shape index (κ1) is 13.0. The molecule has 0 amide bonds. The summed E-state index contributed by atoms with van der Waals surface area (Å²) in [7, 11) is 0. The zero-order valence-electron chi connectivity index (χ0n) is 11.5. The third-order valence-electron chi connectivity index (χ3n) is 3.98. The Morgan fingerprint density at radius 1 is 1.20 bits per heavy atom. The maximum atomic E-state index is 12.2. The van der Waals surface area contributed by atoms with E-state index in [1.54, 1.807) is 0 Å². The number of Topliss-reactive ketones (excluding diaryl/α,β-unsaturated/α-hetero) is 1. The van der Waals surface area contributed by atoms with Crippen molar-refractivity contribution < 1.29 is 9.36 Å². The number of carbonyl (C=O) groups excluding carboxylic acids is 1. The number of carbonyl (C=O) groups is 1. The summed E-state index contributed by atoms with van der Waals surface area (Å²) in [6.45, 7) is 0.381. The molecule has 2 aromatic rings. The van der Waals surface area contributed by atoms with Crippen LogP contribution in [0.15, 0.2) is 48.9 Å². The van der Waals surface area contributed by atoms with Crippen LogP contribution in [-0.2, 0) is 6.54 Å². The number of hydrogen-bond donors (Lipinski definition) is 0. The molecule has 0 unspecified atom stereocenters. The highest BCUT2D eigenvalue weighted by molar-refractivity contribution is 5.94. The number of nitrogens with zero attached hydrogens (tertiary/aromatic N) is 2. The Morgan fingerprint density at radius 3 is 2.70 bits per heavy atom. The Kier molecular flexibility index (Phi) is 3.86. The molecule has 20 heavy (non-hydrogen) atoms. The summed E-state index contributed by atoms with van der Waals surface area (Å²) in [6.07, 6.45) is 10.8. The Hall–Kier alpha value is -2.03. The minimum atomic E-state index is 0.138. The van der Waals surface area contributed by atoms with E-state index in [0.29, 0.717) is 12.5 Å². The quantitative estimate of drug-likeness (QED) is 0.630. The zero-order chi connectivity index (χ0) is 13.8. The lowest BCUT2D eigenvalue weighted by Gasteiger charge is -2.06. The van der Waals surface area contributed by atoms with E-state index >= 15 is 0 Å². The van der Waals surface area contributed by atoms with Crippen molar-refractivity contribution in [1.82, 2.24) is 4.98 Å². The molecule has 1 aliphatic carbocycles. The van der Waals surface area contributed by atoms with Crippen molar-refractivity contribution in [2.24, 2.45) is 0 Å². The fraction of sp³-hybridized carbons (Fsp3) is 0.353. The Morgan fingerprint density at radius 2 is 1.95 bits per heavy atom. The van der Waals surface area contributed by atoms with Gasteiger partial charge in [-0.05, 0) is 12.8 Å². The van der Waals surface area contributed by atoms with Gasteiger partial charge in [-0.25, -0.2) is 4.98 Å². The van der Waals surface area contributed by atoms with E-state index in [2.05, 4.69) is 4.98 Å². The Balaban J connectivity index is 1.74. The van der Waals surface area contributed by atoms with Crippen LogP contribution < -0.4 is 4.57 Å². The highest BCUT2D eigenvalue weighted by Crippen LogP contribution is 2.32. The van der Waals surface area contributed by atoms with Crippen LogP contribution in [0, 0.1) is 0 Å². The average Bonchev–Trinajstić information content (AvgIpc) is 3.03. The van der Waals surface area contributed by atoms with Crippen molar-refractivity contribution in [3.63, 3.8) is 0 Å². The summed E-state index contributed by atoms with van der Waals surface area (Å²) < 4.78 is 1.95. The lowest BCUT2D eigenvalue weighted by Crippen LogP contribution is -2.38. The van der Waals surface area contributed by atoms with E-state index in [4.69, 9.17) is 0 Å². The van der Waals surface area contributed by atoms with Crippen LogP contribution in [0.4, 0.5) is 0 Å². The molecule has 0 radical (unpaired) electrons. The monoisotopic (exact) mass is 267 g/mol. The van der Waals surface area contributed by atoms with E-state index in [-0.39, 0.29) is 5.78 Å². The van der Waals surface area contributed by atoms with Crippen LogP contribution in [0.25, 0.3) is 0 Å². The summed E-state index contributed by atoms with van der Waals surface area (Å²) in [5.41, 5.74) is 1.89. The largest absolute Gasteiger partial charge is 0.287 e. The highest BCUT2D eigenvalue weighted by Gasteiger charge is 2.21. The molecule has 3 nitrogen and oxygen atoms in total. The van der Waals surface area contributed by atoms with Crippen LogP contribution in [0.1, 0.15) is 47.7 Å². The maximum Gasteiger partial charge on any atom is 0.227 e. The second kappa shape index (κ2) is 5.95. The molecule has 1 aliphatic rings. The van der Waals surface area contributed by atoms with Gasteiger partial charge in [-0.15, -0.1) is 0 Å². The molecule has 1 fully saturated rings. The van der Waals surface area contributed by atoms with Crippen molar-refractivity contribution in [2.75, 3.05) is 0 Å². The van der Waals surface area contributed by atoms with Gasteiger partial charge in [-0.3, -0.25) is 4.79 Å². The molecule has 0 bridgehead atoms. The number of ketones is 1. The van der Waals surface area contributed by atoms with Crippen LogP contribution in [0.5, 0.6) is 0 Å². The molecular formula is C17H19N2O+. The third-order valence-corrected chi connectivity index (χ3v) is 3.98. The van der Waals surface area contributed by atoms with E-state index in [1.807, 2.05) is 53.5 Å². The van der Waals surface area contributed by atoms with Crippen LogP contribution in [-0.4, -0.2) is 10.8 Å². The number of aromatic nitrogens is 2. The number of hydrogen-bond acceptors (Lipinski definition) is 2. The van der Waals surface area contributed by atoms with E-state index in [1.165, 1.54) is 25.7 Å². The van der Waals surface area contributed by atoms with Gasteiger partial charge < -0.3 is 0 Å². The minimum Gasteiger partial charge on any atom is -0.287 e. The van der Waals surface area contributed by atoms with Gasteiger partial charge in [-0.2, -0.15) is 4.57 Å². The van der Waals surface area contributed by atoms with Crippen LogP contribution >= 0.6 is 0 Å².